The molecule has 0 aromatic carbocycles. The molecule has 14 heavy (non-hydrogen) atoms. The predicted octanol–water partition coefficient (Wildman–Crippen LogP) is -1.30. The Morgan fingerprint density at radius 1 is 1.64 bits per heavy atom. The van der Waals surface area contributed by atoms with Gasteiger partial charge in [-0.15, -0.1) is 0 Å². The molecule has 80 valence electrons. The SMILES string of the molecule is CC(=O)NS(=O)(=O)OC1COC(=O)C1. The van der Waals surface area contributed by atoms with Gasteiger partial charge in [-0.3, -0.25) is 9.59 Å². The number of rotatable bonds is 3. The van der Waals surface area contributed by atoms with Crippen LogP contribution in [0.2, 0.25) is 0 Å². The molecule has 0 spiro atoms. The zero-order chi connectivity index (χ0) is 10.8. The molecule has 0 aliphatic carbocycles. The van der Waals surface area contributed by atoms with Crippen LogP contribution in [-0.4, -0.2) is 33.0 Å². The maximum Gasteiger partial charge on any atom is 0.362 e. The molecule has 1 amide bonds. The quantitative estimate of drug-likeness (QED) is 0.597. The summed E-state index contributed by atoms with van der Waals surface area (Å²) in [5.74, 6) is -1.27. The lowest BCUT2D eigenvalue weighted by Crippen LogP contribution is -2.33. The van der Waals surface area contributed by atoms with E-state index in [1.165, 1.54) is 0 Å². The summed E-state index contributed by atoms with van der Waals surface area (Å²) < 4.78 is 32.5. The summed E-state index contributed by atoms with van der Waals surface area (Å²) in [5, 5.41) is 0. The Hall–Kier alpha value is -1.15. The molecule has 0 aromatic heterocycles. The highest BCUT2D eigenvalue weighted by Gasteiger charge is 2.29. The first-order valence-electron chi connectivity index (χ1n) is 3.76. The van der Waals surface area contributed by atoms with Crippen LogP contribution in [0.5, 0.6) is 0 Å². The average molecular weight is 223 g/mol. The van der Waals surface area contributed by atoms with Crippen molar-refractivity contribution >= 4 is 22.2 Å². The van der Waals surface area contributed by atoms with Gasteiger partial charge in [-0.1, -0.05) is 0 Å². The summed E-state index contributed by atoms with van der Waals surface area (Å²) >= 11 is 0. The van der Waals surface area contributed by atoms with Gasteiger partial charge in [0.15, 0.2) is 0 Å². The molecule has 0 bridgehead atoms. The molecular formula is C6H9NO6S. The molecule has 1 aliphatic rings. The van der Waals surface area contributed by atoms with Crippen LogP contribution in [0.25, 0.3) is 0 Å². The number of hydrogen-bond acceptors (Lipinski definition) is 6. The minimum Gasteiger partial charge on any atom is -0.463 e. The number of cyclic esters (lactones) is 1. The Balaban J connectivity index is 2.51. The highest BCUT2D eigenvalue weighted by atomic mass is 32.2. The molecule has 1 saturated heterocycles. The van der Waals surface area contributed by atoms with Crippen LogP contribution >= 0.6 is 0 Å². The van der Waals surface area contributed by atoms with E-state index in [2.05, 4.69) is 8.92 Å². The molecule has 0 saturated carbocycles. The third-order valence-corrected chi connectivity index (χ3v) is 2.42. The zero-order valence-electron chi connectivity index (χ0n) is 7.35. The third-order valence-electron chi connectivity index (χ3n) is 1.36. The smallest absolute Gasteiger partial charge is 0.362 e. The standard InChI is InChI=1S/C6H9NO6S/c1-4(8)7-14(10,11)13-5-2-6(9)12-3-5/h5H,2-3H2,1H3,(H,7,8). The van der Waals surface area contributed by atoms with E-state index in [0.29, 0.717) is 0 Å². The normalized spacial score (nSPS) is 21.8. The van der Waals surface area contributed by atoms with Gasteiger partial charge < -0.3 is 4.74 Å². The summed E-state index contributed by atoms with van der Waals surface area (Å²) in [5.41, 5.74) is 0. The summed E-state index contributed by atoms with van der Waals surface area (Å²) in [6.45, 7) is 0.925. The summed E-state index contributed by atoms with van der Waals surface area (Å²) in [6.07, 6.45) is -0.974. The highest BCUT2D eigenvalue weighted by Crippen LogP contribution is 2.11. The lowest BCUT2D eigenvalue weighted by molar-refractivity contribution is -0.138. The van der Waals surface area contributed by atoms with E-state index in [4.69, 9.17) is 0 Å². The molecule has 0 radical (unpaired) electrons. The van der Waals surface area contributed by atoms with Crippen LogP contribution < -0.4 is 4.72 Å². The van der Waals surface area contributed by atoms with Gasteiger partial charge in [-0.2, -0.15) is 8.42 Å². The maximum absolute atomic E-state index is 11.0. The molecule has 1 atom stereocenters. The number of carbonyl (C=O) groups excluding carboxylic acids is 2. The van der Waals surface area contributed by atoms with Crippen molar-refractivity contribution < 1.29 is 26.9 Å². The monoisotopic (exact) mass is 223 g/mol. The van der Waals surface area contributed by atoms with Crippen molar-refractivity contribution in [3.63, 3.8) is 0 Å². The van der Waals surface area contributed by atoms with Crippen LogP contribution in [0.1, 0.15) is 13.3 Å². The van der Waals surface area contributed by atoms with Gasteiger partial charge in [-0.05, 0) is 0 Å². The minimum atomic E-state index is -4.12. The second-order valence-electron chi connectivity index (χ2n) is 2.72. The van der Waals surface area contributed by atoms with Crippen molar-refractivity contribution in [2.75, 3.05) is 6.61 Å². The second kappa shape index (κ2) is 3.93. The fourth-order valence-corrected chi connectivity index (χ4v) is 1.81. The fraction of sp³-hybridized carbons (Fsp3) is 0.667. The van der Waals surface area contributed by atoms with Crippen LogP contribution in [0.3, 0.4) is 0 Å². The van der Waals surface area contributed by atoms with Crippen molar-refractivity contribution in [3.8, 4) is 0 Å². The Labute approximate surface area is 80.6 Å². The zero-order valence-corrected chi connectivity index (χ0v) is 8.17. The van der Waals surface area contributed by atoms with Gasteiger partial charge >= 0.3 is 16.3 Å². The molecule has 7 nitrogen and oxygen atoms in total. The molecule has 8 heteroatoms. The predicted molar refractivity (Wildman–Crippen MR) is 43.2 cm³/mol. The van der Waals surface area contributed by atoms with E-state index < -0.39 is 28.3 Å². The molecule has 1 rings (SSSR count). The number of carbonyl (C=O) groups is 2. The van der Waals surface area contributed by atoms with E-state index in [9.17, 15) is 18.0 Å². The van der Waals surface area contributed by atoms with Crippen molar-refractivity contribution in [2.24, 2.45) is 0 Å². The molecule has 1 fully saturated rings. The van der Waals surface area contributed by atoms with Crippen LogP contribution in [0.15, 0.2) is 0 Å². The first-order valence-corrected chi connectivity index (χ1v) is 5.17. The fourth-order valence-electron chi connectivity index (χ4n) is 0.931. The Bertz CT molecular complexity index is 347. The first-order chi connectivity index (χ1) is 6.39. The molecule has 0 aromatic rings. The Morgan fingerprint density at radius 2 is 2.29 bits per heavy atom. The molecule has 1 N–H and O–H groups in total. The highest BCUT2D eigenvalue weighted by molar-refractivity contribution is 7.85. The van der Waals surface area contributed by atoms with Gasteiger partial charge in [0.05, 0.1) is 6.42 Å². The number of amides is 1. The number of hydrogen-bond donors (Lipinski definition) is 1. The van der Waals surface area contributed by atoms with Crippen LogP contribution in [0, 0.1) is 0 Å². The minimum absolute atomic E-state index is 0.113. The van der Waals surface area contributed by atoms with Crippen molar-refractivity contribution in [2.45, 2.75) is 19.4 Å². The number of ether oxygens (including phenoxy) is 1. The topological polar surface area (TPSA) is 98.8 Å². The van der Waals surface area contributed by atoms with Gasteiger partial charge in [0, 0.05) is 6.92 Å². The van der Waals surface area contributed by atoms with E-state index >= 15 is 0 Å². The van der Waals surface area contributed by atoms with Crippen molar-refractivity contribution in [3.05, 3.63) is 0 Å². The number of esters is 1. The first kappa shape index (κ1) is 10.9. The molecular weight excluding hydrogens is 214 g/mol. The van der Waals surface area contributed by atoms with E-state index in [1.54, 1.807) is 4.72 Å². The van der Waals surface area contributed by atoms with Gasteiger partial charge in [0.1, 0.15) is 12.7 Å². The van der Waals surface area contributed by atoms with Crippen molar-refractivity contribution in [1.82, 2.24) is 4.72 Å². The van der Waals surface area contributed by atoms with E-state index in [0.717, 1.165) is 6.92 Å². The van der Waals surface area contributed by atoms with Crippen LogP contribution in [-0.2, 0) is 28.8 Å². The maximum atomic E-state index is 11.0. The molecule has 1 unspecified atom stereocenters. The average Bonchev–Trinajstić information content (AvgIpc) is 2.30. The molecule has 1 aliphatic heterocycles. The van der Waals surface area contributed by atoms with Gasteiger partial charge in [0.2, 0.25) is 5.91 Å². The summed E-state index contributed by atoms with van der Waals surface area (Å²) in [4.78, 5) is 21.0. The summed E-state index contributed by atoms with van der Waals surface area (Å²) in [6, 6.07) is 0. The lowest BCUT2D eigenvalue weighted by atomic mass is 10.3. The number of nitrogens with one attached hydrogen (secondary N) is 1. The van der Waals surface area contributed by atoms with Gasteiger partial charge in [-0.25, -0.2) is 8.91 Å². The van der Waals surface area contributed by atoms with E-state index in [-0.39, 0.29) is 13.0 Å². The van der Waals surface area contributed by atoms with Gasteiger partial charge in [0.25, 0.3) is 0 Å². The lowest BCUT2D eigenvalue weighted by Gasteiger charge is -2.08. The third kappa shape index (κ3) is 3.30. The van der Waals surface area contributed by atoms with Crippen molar-refractivity contribution in [1.29, 1.82) is 0 Å². The summed E-state index contributed by atoms with van der Waals surface area (Å²) in [7, 11) is -4.12. The van der Waals surface area contributed by atoms with E-state index in [1.807, 2.05) is 0 Å². The second-order valence-corrected chi connectivity index (χ2v) is 4.02. The Morgan fingerprint density at radius 3 is 2.71 bits per heavy atom. The largest absolute Gasteiger partial charge is 0.463 e. The Kier molecular flexibility index (Phi) is 3.06. The molecule has 1 heterocycles. The van der Waals surface area contributed by atoms with Crippen LogP contribution in [0.4, 0.5) is 0 Å².